The van der Waals surface area contributed by atoms with Gasteiger partial charge in [-0.25, -0.2) is 0 Å². The van der Waals surface area contributed by atoms with Gasteiger partial charge in [0.15, 0.2) is 0 Å². The molecular formula is C39H52N6O6. The van der Waals surface area contributed by atoms with Gasteiger partial charge in [0.25, 0.3) is 0 Å². The predicted molar refractivity (Wildman–Crippen MR) is 194 cm³/mol. The van der Waals surface area contributed by atoms with Crippen molar-refractivity contribution in [3.63, 3.8) is 0 Å². The highest BCUT2D eigenvalue weighted by molar-refractivity contribution is 5.88. The number of nitriles is 1. The fourth-order valence-corrected chi connectivity index (χ4v) is 5.31. The maximum Gasteiger partial charge on any atom is 0.243 e. The molecule has 3 N–H and O–H groups in total. The summed E-state index contributed by atoms with van der Waals surface area (Å²) in [6.45, 7) is 8.99. The van der Waals surface area contributed by atoms with Gasteiger partial charge in [0.2, 0.25) is 11.8 Å². The Labute approximate surface area is 301 Å². The molecule has 0 unspecified atom stereocenters. The van der Waals surface area contributed by atoms with E-state index < -0.39 is 24.1 Å². The highest BCUT2D eigenvalue weighted by Gasteiger charge is 2.33. The first-order chi connectivity index (χ1) is 24.6. The van der Waals surface area contributed by atoms with Crippen LogP contribution in [0.4, 0.5) is 0 Å². The van der Waals surface area contributed by atoms with Gasteiger partial charge in [-0.05, 0) is 72.0 Å². The second-order valence-corrected chi connectivity index (χ2v) is 13.4. The van der Waals surface area contributed by atoms with Crippen molar-refractivity contribution in [2.75, 3.05) is 26.9 Å². The van der Waals surface area contributed by atoms with E-state index in [1.807, 2.05) is 45.9 Å². The van der Waals surface area contributed by atoms with Crippen molar-refractivity contribution in [2.24, 2.45) is 28.8 Å². The van der Waals surface area contributed by atoms with Crippen LogP contribution in [0.2, 0.25) is 0 Å². The van der Waals surface area contributed by atoms with Gasteiger partial charge >= 0.3 is 0 Å². The second kappa shape index (κ2) is 21.6. The van der Waals surface area contributed by atoms with Crippen LogP contribution < -0.4 is 15.4 Å². The Morgan fingerprint density at radius 2 is 1.82 bits per heavy atom. The number of benzene rings is 2. The highest BCUT2D eigenvalue weighted by Crippen LogP contribution is 2.29. The molecule has 51 heavy (non-hydrogen) atoms. The van der Waals surface area contributed by atoms with Gasteiger partial charge in [-0.3, -0.25) is 9.59 Å². The van der Waals surface area contributed by atoms with E-state index >= 15 is 0 Å². The zero-order chi connectivity index (χ0) is 37.2. The van der Waals surface area contributed by atoms with Crippen LogP contribution in [0.3, 0.4) is 0 Å². The standard InChI is InChI=1S/C39H52N6O6/c1-6-27(4)37(39(48)42-23-30-12-10-29(22-40)11-13-30)43-38(47)33(26(2)3)21-35(46)34(44-45-41)25-50-24-31-15-17-32(16-14-28-8-9-28)36(20-31)51-19-7-18-49-5/h10-13,15,17,20,26-28,33-35,37,46H,6-9,18-19,21,23-25H2,1-5H3,(H,42,48)(H,43,47)/t27-,33-,34-,35-,37-/m0/s1. The Bertz CT molecular complexity index is 1570. The molecule has 12 nitrogen and oxygen atoms in total. The molecule has 3 rings (SSSR count). The molecule has 0 heterocycles. The van der Waals surface area contributed by atoms with E-state index in [4.69, 9.17) is 19.5 Å². The first-order valence-corrected chi connectivity index (χ1v) is 17.7. The third-order valence-electron chi connectivity index (χ3n) is 8.97. The van der Waals surface area contributed by atoms with E-state index in [1.165, 1.54) is 0 Å². The monoisotopic (exact) mass is 700 g/mol. The maximum atomic E-state index is 13.6. The molecule has 1 aliphatic rings. The molecule has 0 saturated heterocycles. The van der Waals surface area contributed by atoms with Gasteiger partial charge in [-0.1, -0.05) is 69.3 Å². The molecule has 1 saturated carbocycles. The quantitative estimate of drug-likeness (QED) is 0.0484. The molecule has 0 radical (unpaired) electrons. The number of azide groups is 1. The van der Waals surface area contributed by atoms with Gasteiger partial charge < -0.3 is 30.0 Å². The molecule has 2 aromatic rings. The van der Waals surface area contributed by atoms with Crippen molar-refractivity contribution in [1.82, 2.24) is 10.6 Å². The average Bonchev–Trinajstić information content (AvgIpc) is 3.97. The van der Waals surface area contributed by atoms with E-state index in [9.17, 15) is 20.2 Å². The lowest BCUT2D eigenvalue weighted by Gasteiger charge is -2.29. The Morgan fingerprint density at radius 1 is 1.10 bits per heavy atom. The molecule has 2 aromatic carbocycles. The third-order valence-corrected chi connectivity index (χ3v) is 8.97. The molecule has 12 heteroatoms. The van der Waals surface area contributed by atoms with Crippen LogP contribution in [0.5, 0.6) is 5.75 Å². The molecule has 1 aliphatic carbocycles. The van der Waals surface area contributed by atoms with E-state index in [0.29, 0.717) is 36.9 Å². The largest absolute Gasteiger partial charge is 0.492 e. The van der Waals surface area contributed by atoms with E-state index in [-0.39, 0.29) is 49.8 Å². The number of carbonyl (C=O) groups excluding carboxylic acids is 2. The van der Waals surface area contributed by atoms with Crippen molar-refractivity contribution in [2.45, 2.75) is 91.1 Å². The van der Waals surface area contributed by atoms with Crippen LogP contribution in [0.1, 0.15) is 82.1 Å². The summed E-state index contributed by atoms with van der Waals surface area (Å²) in [6, 6.07) is 12.9. The summed E-state index contributed by atoms with van der Waals surface area (Å²) >= 11 is 0. The highest BCUT2D eigenvalue weighted by atomic mass is 16.5. The van der Waals surface area contributed by atoms with Crippen LogP contribution in [-0.2, 0) is 32.2 Å². The molecular weight excluding hydrogens is 648 g/mol. The van der Waals surface area contributed by atoms with Gasteiger partial charge in [-0.2, -0.15) is 5.26 Å². The minimum atomic E-state index is -1.17. The Hall–Kier alpha value is -4.58. The molecule has 0 aliphatic heterocycles. The number of rotatable bonds is 21. The molecule has 2 amide bonds. The van der Waals surface area contributed by atoms with Gasteiger partial charge in [-0.15, -0.1) is 0 Å². The number of methoxy groups -OCH3 is 1. The lowest BCUT2D eigenvalue weighted by Crippen LogP contribution is -2.52. The zero-order valence-electron chi connectivity index (χ0n) is 30.4. The van der Waals surface area contributed by atoms with E-state index in [0.717, 1.165) is 36.0 Å². The SMILES string of the molecule is CC[C@H](C)[C@H](NC(=O)[C@@H](C[C@H](O)[C@H](COCc1ccc(C#CC2CC2)c(OCCCOC)c1)N=[N+]=[N-])C(C)C)C(=O)NCc1ccc(C#N)cc1. The minimum absolute atomic E-state index is 0.00442. The Morgan fingerprint density at radius 3 is 2.45 bits per heavy atom. The smallest absolute Gasteiger partial charge is 0.243 e. The normalized spacial score (nSPS) is 15.2. The summed E-state index contributed by atoms with van der Waals surface area (Å²) in [6.07, 6.45) is 2.47. The van der Waals surface area contributed by atoms with Gasteiger partial charge in [0.05, 0.1) is 49.2 Å². The number of nitrogens with one attached hydrogen (secondary N) is 2. The summed E-state index contributed by atoms with van der Waals surface area (Å²) in [4.78, 5) is 29.8. The summed E-state index contributed by atoms with van der Waals surface area (Å²) in [5.74, 6) is 5.91. The number of aliphatic hydroxyl groups is 1. The molecule has 0 spiro atoms. The zero-order valence-corrected chi connectivity index (χ0v) is 30.4. The molecule has 274 valence electrons. The van der Waals surface area contributed by atoms with Crippen LogP contribution in [0.15, 0.2) is 47.6 Å². The van der Waals surface area contributed by atoms with Crippen molar-refractivity contribution in [3.8, 4) is 23.7 Å². The third kappa shape index (κ3) is 13.9. The molecule has 0 bridgehead atoms. The van der Waals surface area contributed by atoms with Gasteiger partial charge in [0.1, 0.15) is 11.8 Å². The maximum absolute atomic E-state index is 13.6. The predicted octanol–water partition coefficient (Wildman–Crippen LogP) is 5.80. The first kappa shape index (κ1) is 40.8. The second-order valence-electron chi connectivity index (χ2n) is 13.4. The number of hydrogen-bond donors (Lipinski definition) is 3. The average molecular weight is 701 g/mol. The first-order valence-electron chi connectivity index (χ1n) is 17.7. The fourth-order valence-electron chi connectivity index (χ4n) is 5.31. The van der Waals surface area contributed by atoms with Crippen LogP contribution in [0.25, 0.3) is 10.4 Å². The number of ether oxygens (including phenoxy) is 3. The van der Waals surface area contributed by atoms with Crippen molar-refractivity contribution >= 4 is 11.8 Å². The molecule has 5 atom stereocenters. The van der Waals surface area contributed by atoms with Gasteiger partial charge in [0, 0.05) is 43.4 Å². The van der Waals surface area contributed by atoms with E-state index in [1.54, 1.807) is 31.4 Å². The summed E-state index contributed by atoms with van der Waals surface area (Å²) in [5, 5.41) is 29.9. The van der Waals surface area contributed by atoms with E-state index in [2.05, 4.69) is 38.6 Å². The number of amides is 2. The summed E-state index contributed by atoms with van der Waals surface area (Å²) < 4.78 is 17.1. The Kier molecular flexibility index (Phi) is 17.3. The number of nitrogens with zero attached hydrogens (tertiary/aromatic N) is 4. The number of carbonyl (C=O) groups is 2. The topological polar surface area (TPSA) is 179 Å². The fraction of sp³-hybridized carbons (Fsp3) is 0.564. The minimum Gasteiger partial charge on any atom is -0.492 e. The molecule has 0 aromatic heterocycles. The summed E-state index contributed by atoms with van der Waals surface area (Å²) in [7, 11) is 1.65. The Balaban J connectivity index is 1.62. The lowest BCUT2D eigenvalue weighted by molar-refractivity contribution is -0.134. The van der Waals surface area contributed by atoms with Crippen molar-refractivity contribution < 1.29 is 28.9 Å². The molecule has 1 fully saturated rings. The van der Waals surface area contributed by atoms with Crippen LogP contribution in [0, 0.1) is 46.8 Å². The van der Waals surface area contributed by atoms with Crippen LogP contribution in [-0.4, -0.2) is 62.0 Å². The lowest BCUT2D eigenvalue weighted by atomic mass is 9.86. The summed E-state index contributed by atoms with van der Waals surface area (Å²) in [5.41, 5.74) is 12.3. The van der Waals surface area contributed by atoms with Crippen molar-refractivity contribution in [1.29, 1.82) is 5.26 Å². The number of hydrogen-bond acceptors (Lipinski definition) is 8. The van der Waals surface area contributed by atoms with Crippen molar-refractivity contribution in [3.05, 3.63) is 75.2 Å². The number of aliphatic hydroxyl groups excluding tert-OH is 1. The van der Waals surface area contributed by atoms with Crippen LogP contribution >= 0.6 is 0 Å².